The zero-order valence-electron chi connectivity index (χ0n) is 54.3. The molecule has 0 bridgehead atoms. The summed E-state index contributed by atoms with van der Waals surface area (Å²) >= 11 is 0. The van der Waals surface area contributed by atoms with Gasteiger partial charge in [0.1, 0.15) is 36.6 Å². The molecule has 0 radical (unpaired) electrons. The summed E-state index contributed by atoms with van der Waals surface area (Å²) in [5.74, 6) is -0.686. The summed E-state index contributed by atoms with van der Waals surface area (Å²) in [6.07, 6.45) is 61.9. The van der Waals surface area contributed by atoms with Crippen LogP contribution in [0.15, 0.2) is 0 Å². The van der Waals surface area contributed by atoms with Crippen molar-refractivity contribution in [2.45, 2.75) is 435 Å². The lowest BCUT2D eigenvalue weighted by Gasteiger charge is -2.40. The second-order valence-corrected chi connectivity index (χ2v) is 26.0. The third kappa shape index (κ3) is 47.2. The lowest BCUT2D eigenvalue weighted by molar-refractivity contribution is -0.303. The van der Waals surface area contributed by atoms with Gasteiger partial charge in [0.2, 0.25) is 5.91 Å². The number of amides is 1. The minimum absolute atomic E-state index is 0.268. The van der Waals surface area contributed by atoms with Gasteiger partial charge in [-0.1, -0.05) is 367 Å². The van der Waals surface area contributed by atoms with Gasteiger partial charge in [-0.15, -0.1) is 0 Å². The molecule has 8 N–H and O–H groups in total. The minimum Gasteiger partial charge on any atom is -0.394 e. The van der Waals surface area contributed by atoms with Gasteiger partial charge in [0.25, 0.3) is 0 Å². The Morgan fingerprint density at radius 3 is 0.902 bits per heavy atom. The summed E-state index contributed by atoms with van der Waals surface area (Å²) in [4.78, 5) is 13.3. The molecule has 0 spiro atoms. The van der Waals surface area contributed by atoms with Gasteiger partial charge in [-0.05, 0) is 12.8 Å². The number of hydrogen-bond donors (Lipinski definition) is 8. The maximum Gasteiger partial charge on any atom is 0.249 e. The van der Waals surface area contributed by atoms with Crippen molar-refractivity contribution < 1.29 is 50.0 Å². The summed E-state index contributed by atoms with van der Waals surface area (Å²) in [5, 5.41) is 76.6. The molecule has 1 rings (SSSR count). The first-order valence-electron chi connectivity index (χ1n) is 36.4. The quantitative estimate of drug-likeness (QED) is 0.0272. The number of carbonyl (C=O) groups is 1. The molecule has 11 heteroatoms. The highest BCUT2D eigenvalue weighted by Gasteiger charge is 2.44. The molecule has 11 nitrogen and oxygen atoms in total. The van der Waals surface area contributed by atoms with E-state index in [-0.39, 0.29) is 6.42 Å². The molecule has 0 saturated carbocycles. The third-order valence-electron chi connectivity index (χ3n) is 18.2. The number of ether oxygens (including phenoxy) is 2. The Morgan fingerprint density at radius 2 is 0.634 bits per heavy atom. The summed E-state index contributed by atoms with van der Waals surface area (Å²) in [6.45, 7) is 3.53. The summed E-state index contributed by atoms with van der Waals surface area (Å²) in [7, 11) is 0. The van der Waals surface area contributed by atoms with Crippen LogP contribution < -0.4 is 5.32 Å². The average Bonchev–Trinajstić information content (AvgIpc) is 3.49. The van der Waals surface area contributed by atoms with Gasteiger partial charge in [0, 0.05) is 0 Å². The van der Waals surface area contributed by atoms with Crippen molar-refractivity contribution in [3.63, 3.8) is 0 Å². The highest BCUT2D eigenvalue weighted by molar-refractivity contribution is 5.80. The van der Waals surface area contributed by atoms with E-state index in [9.17, 15) is 40.5 Å². The molecule has 82 heavy (non-hydrogen) atoms. The Balaban J connectivity index is 2.17. The van der Waals surface area contributed by atoms with Gasteiger partial charge in [-0.25, -0.2) is 0 Å². The van der Waals surface area contributed by atoms with E-state index in [4.69, 9.17) is 9.47 Å². The Labute approximate surface area is 507 Å². The van der Waals surface area contributed by atoms with Crippen molar-refractivity contribution >= 4 is 5.91 Å². The van der Waals surface area contributed by atoms with E-state index in [1.807, 2.05) is 0 Å². The molecule has 9 unspecified atom stereocenters. The van der Waals surface area contributed by atoms with Crippen molar-refractivity contribution in [1.82, 2.24) is 5.32 Å². The van der Waals surface area contributed by atoms with Crippen LogP contribution in [0.4, 0.5) is 0 Å². The Morgan fingerprint density at radius 1 is 0.378 bits per heavy atom. The summed E-state index contributed by atoms with van der Waals surface area (Å²) < 4.78 is 11.2. The zero-order valence-corrected chi connectivity index (χ0v) is 54.3. The van der Waals surface area contributed by atoms with Crippen LogP contribution >= 0.6 is 0 Å². The average molecular weight is 1170 g/mol. The molecule has 0 aromatic rings. The van der Waals surface area contributed by atoms with Crippen LogP contribution in [0.2, 0.25) is 0 Å². The Hall–Kier alpha value is -0.890. The molecule has 1 saturated heterocycles. The van der Waals surface area contributed by atoms with Crippen LogP contribution in [-0.4, -0.2) is 110 Å². The third-order valence-corrected chi connectivity index (χ3v) is 18.2. The molecule has 1 fully saturated rings. The molecular formula is C71H141NO10. The lowest BCUT2D eigenvalue weighted by Crippen LogP contribution is -2.60. The van der Waals surface area contributed by atoms with E-state index < -0.39 is 74.2 Å². The molecule has 1 aliphatic rings. The van der Waals surface area contributed by atoms with E-state index in [0.717, 1.165) is 38.5 Å². The lowest BCUT2D eigenvalue weighted by atomic mass is 9.98. The first-order valence-corrected chi connectivity index (χ1v) is 36.4. The molecular weight excluding hydrogens is 1030 g/mol. The number of aliphatic hydroxyl groups excluding tert-OH is 7. The second-order valence-electron chi connectivity index (χ2n) is 26.0. The topological polar surface area (TPSA) is 189 Å². The Kier molecular flexibility index (Phi) is 58.3. The van der Waals surface area contributed by atoms with Gasteiger partial charge in [0.05, 0.1) is 25.4 Å². The largest absolute Gasteiger partial charge is 0.394 e. The smallest absolute Gasteiger partial charge is 0.249 e. The van der Waals surface area contributed by atoms with Crippen LogP contribution in [0.1, 0.15) is 380 Å². The molecule has 1 amide bonds. The molecule has 9 atom stereocenters. The van der Waals surface area contributed by atoms with E-state index in [1.54, 1.807) is 0 Å². The highest BCUT2D eigenvalue weighted by Crippen LogP contribution is 2.24. The number of rotatable bonds is 65. The van der Waals surface area contributed by atoms with E-state index >= 15 is 0 Å². The first-order chi connectivity index (χ1) is 40.2. The molecule has 1 heterocycles. The van der Waals surface area contributed by atoms with Crippen LogP contribution in [0.25, 0.3) is 0 Å². The molecule has 0 aliphatic carbocycles. The zero-order chi connectivity index (χ0) is 59.6. The van der Waals surface area contributed by atoms with Gasteiger partial charge in [-0.3, -0.25) is 4.79 Å². The van der Waals surface area contributed by atoms with Gasteiger partial charge < -0.3 is 50.5 Å². The van der Waals surface area contributed by atoms with Crippen molar-refractivity contribution in [3.05, 3.63) is 0 Å². The maximum absolute atomic E-state index is 13.3. The second kappa shape index (κ2) is 60.4. The Bertz CT molecular complexity index is 1290. The first kappa shape index (κ1) is 79.1. The molecule has 0 aromatic carbocycles. The number of aliphatic hydroxyl groups is 7. The van der Waals surface area contributed by atoms with Crippen molar-refractivity contribution in [2.75, 3.05) is 13.2 Å². The normalized spacial score (nSPS) is 19.0. The van der Waals surface area contributed by atoms with Crippen molar-refractivity contribution in [1.29, 1.82) is 0 Å². The van der Waals surface area contributed by atoms with Gasteiger partial charge in [0.15, 0.2) is 6.29 Å². The highest BCUT2D eigenvalue weighted by atomic mass is 16.7. The van der Waals surface area contributed by atoms with Crippen molar-refractivity contribution in [2.24, 2.45) is 0 Å². The van der Waals surface area contributed by atoms with Crippen LogP contribution in [0.5, 0.6) is 0 Å². The molecule has 0 aromatic heterocycles. The molecule has 490 valence electrons. The summed E-state index contributed by atoms with van der Waals surface area (Å²) in [6, 6.07) is -1.16. The number of nitrogens with one attached hydrogen (secondary N) is 1. The van der Waals surface area contributed by atoms with Gasteiger partial charge in [-0.2, -0.15) is 0 Å². The predicted molar refractivity (Wildman–Crippen MR) is 344 cm³/mol. The van der Waals surface area contributed by atoms with Crippen molar-refractivity contribution in [3.8, 4) is 0 Å². The standard InChI is InChI=1S/C71H141NO10/c1-3-5-7-9-11-13-15-17-19-21-23-25-27-29-31-32-33-35-37-39-41-43-45-47-49-51-53-55-57-59-64(75)70(80)72-62(61-81-71-69(79)68(78)67(77)65(60-73)82-71)66(76)63(74)58-56-54-52-50-48-46-44-42-40-38-36-34-30-28-26-24-22-20-18-16-14-12-10-8-6-4-2/h62-69,71,73-79H,3-61H2,1-2H3,(H,72,80). The fraction of sp³-hybridized carbons (Fsp3) is 0.986. The maximum atomic E-state index is 13.3. The fourth-order valence-electron chi connectivity index (χ4n) is 12.3. The van der Waals surface area contributed by atoms with Gasteiger partial charge >= 0.3 is 0 Å². The summed E-state index contributed by atoms with van der Waals surface area (Å²) in [5.41, 5.74) is 0. The molecule has 1 aliphatic heterocycles. The van der Waals surface area contributed by atoms with E-state index in [1.165, 1.54) is 302 Å². The monoisotopic (exact) mass is 1170 g/mol. The number of unbranched alkanes of at least 4 members (excludes halogenated alkanes) is 53. The minimum atomic E-state index is -1.66. The van der Waals surface area contributed by atoms with Crippen LogP contribution in [0.3, 0.4) is 0 Å². The van der Waals surface area contributed by atoms with Crippen LogP contribution in [-0.2, 0) is 14.3 Å². The van der Waals surface area contributed by atoms with E-state index in [0.29, 0.717) is 19.3 Å². The predicted octanol–water partition coefficient (Wildman–Crippen LogP) is 17.6. The number of hydrogen-bond acceptors (Lipinski definition) is 10. The fourth-order valence-corrected chi connectivity index (χ4v) is 12.3. The number of carbonyl (C=O) groups excluding carboxylic acids is 1. The van der Waals surface area contributed by atoms with Crippen LogP contribution in [0, 0.1) is 0 Å². The SMILES string of the molecule is CCCCCCCCCCCCCCCCCCCCCCCCCCCCCCCC(O)C(=O)NC(COC1OC(CO)C(O)C(O)C1O)C(O)C(O)CCCCCCCCCCCCCCCCCCCCCCCCCCCC. The van der Waals surface area contributed by atoms with E-state index in [2.05, 4.69) is 19.2 Å².